The largest absolute Gasteiger partial charge is 0.362 e. The lowest BCUT2D eigenvalue weighted by Gasteiger charge is -2.14. The van der Waals surface area contributed by atoms with Crippen LogP contribution in [0.3, 0.4) is 0 Å². The second-order valence-electron chi connectivity index (χ2n) is 4.54. The summed E-state index contributed by atoms with van der Waals surface area (Å²) in [5.41, 5.74) is 3.80. The molecule has 19 heavy (non-hydrogen) atoms. The highest BCUT2D eigenvalue weighted by Crippen LogP contribution is 2.23. The van der Waals surface area contributed by atoms with Crippen molar-refractivity contribution in [1.82, 2.24) is 20.2 Å². The Morgan fingerprint density at radius 2 is 1.89 bits per heavy atom. The van der Waals surface area contributed by atoms with Gasteiger partial charge in [0.25, 0.3) is 0 Å². The molecule has 0 aliphatic heterocycles. The van der Waals surface area contributed by atoms with Crippen molar-refractivity contribution in [3.05, 3.63) is 47.9 Å². The quantitative estimate of drug-likeness (QED) is 0.753. The van der Waals surface area contributed by atoms with Crippen molar-refractivity contribution in [2.75, 3.05) is 5.32 Å². The number of benzene rings is 1. The van der Waals surface area contributed by atoms with Crippen molar-refractivity contribution in [3.63, 3.8) is 0 Å². The van der Waals surface area contributed by atoms with Gasteiger partial charge in [-0.15, -0.1) is 0 Å². The summed E-state index contributed by atoms with van der Waals surface area (Å²) < 4.78 is 0. The maximum absolute atomic E-state index is 4.28. The molecule has 0 unspecified atom stereocenters. The number of hydrogen-bond acceptors (Lipinski definition) is 4. The van der Waals surface area contributed by atoms with E-state index in [-0.39, 0.29) is 6.04 Å². The van der Waals surface area contributed by atoms with Gasteiger partial charge in [-0.3, -0.25) is 5.10 Å². The summed E-state index contributed by atoms with van der Waals surface area (Å²) in [6, 6.07) is 10.4. The predicted molar refractivity (Wildman–Crippen MR) is 74.9 cm³/mol. The van der Waals surface area contributed by atoms with E-state index in [0.717, 1.165) is 22.5 Å². The van der Waals surface area contributed by atoms with Crippen LogP contribution in [0.15, 0.2) is 36.7 Å². The Labute approximate surface area is 111 Å². The molecule has 1 atom stereocenters. The number of fused-ring (bicyclic) bond motifs is 1. The molecule has 5 heteroatoms. The lowest BCUT2D eigenvalue weighted by atomic mass is 10.1. The normalized spacial score (nSPS) is 12.5. The van der Waals surface area contributed by atoms with Crippen LogP contribution >= 0.6 is 0 Å². The lowest BCUT2D eigenvalue weighted by molar-refractivity contribution is 0.874. The zero-order valence-corrected chi connectivity index (χ0v) is 10.9. The SMILES string of the molecule is Cc1[nH]nc2c(N[C@H](C)c3ccccc3)ncnc12. The topological polar surface area (TPSA) is 66.5 Å². The molecular weight excluding hydrogens is 238 g/mol. The van der Waals surface area contributed by atoms with Gasteiger partial charge in [0, 0.05) is 0 Å². The molecule has 2 N–H and O–H groups in total. The summed E-state index contributed by atoms with van der Waals surface area (Å²) in [5, 5.41) is 10.6. The van der Waals surface area contributed by atoms with E-state index >= 15 is 0 Å². The monoisotopic (exact) mass is 253 g/mol. The van der Waals surface area contributed by atoms with Crippen LogP contribution in [0.1, 0.15) is 24.2 Å². The van der Waals surface area contributed by atoms with Crippen molar-refractivity contribution < 1.29 is 0 Å². The van der Waals surface area contributed by atoms with Crippen LogP contribution in [0, 0.1) is 6.92 Å². The van der Waals surface area contributed by atoms with E-state index in [4.69, 9.17) is 0 Å². The third-order valence-corrected chi connectivity index (χ3v) is 3.17. The average molecular weight is 253 g/mol. The molecule has 0 saturated carbocycles. The first-order chi connectivity index (χ1) is 9.25. The van der Waals surface area contributed by atoms with E-state index in [2.05, 4.69) is 44.5 Å². The molecule has 0 spiro atoms. The highest BCUT2D eigenvalue weighted by molar-refractivity contribution is 5.86. The number of aryl methyl sites for hydroxylation is 1. The van der Waals surface area contributed by atoms with E-state index in [1.165, 1.54) is 5.56 Å². The summed E-state index contributed by atoms with van der Waals surface area (Å²) >= 11 is 0. The molecule has 0 bridgehead atoms. The average Bonchev–Trinajstić information content (AvgIpc) is 2.83. The van der Waals surface area contributed by atoms with Crippen LogP contribution in [-0.2, 0) is 0 Å². The van der Waals surface area contributed by atoms with Crippen LogP contribution in [-0.4, -0.2) is 20.2 Å². The van der Waals surface area contributed by atoms with Gasteiger partial charge >= 0.3 is 0 Å². The minimum atomic E-state index is 0.163. The first-order valence-electron chi connectivity index (χ1n) is 6.23. The number of anilines is 1. The second kappa shape index (κ2) is 4.68. The summed E-state index contributed by atoms with van der Waals surface area (Å²) in [5.74, 6) is 0.755. The summed E-state index contributed by atoms with van der Waals surface area (Å²) in [6.45, 7) is 4.05. The number of rotatable bonds is 3. The van der Waals surface area contributed by atoms with Crippen molar-refractivity contribution in [3.8, 4) is 0 Å². The lowest BCUT2D eigenvalue weighted by Crippen LogP contribution is -2.08. The van der Waals surface area contributed by atoms with E-state index in [0.29, 0.717) is 0 Å². The van der Waals surface area contributed by atoms with E-state index in [1.807, 2.05) is 25.1 Å². The van der Waals surface area contributed by atoms with Gasteiger partial charge in [0.1, 0.15) is 11.8 Å². The first-order valence-corrected chi connectivity index (χ1v) is 6.23. The van der Waals surface area contributed by atoms with Crippen LogP contribution in [0.5, 0.6) is 0 Å². The third-order valence-electron chi connectivity index (χ3n) is 3.17. The van der Waals surface area contributed by atoms with Crippen molar-refractivity contribution >= 4 is 16.9 Å². The molecule has 96 valence electrons. The van der Waals surface area contributed by atoms with Crippen LogP contribution in [0.25, 0.3) is 11.0 Å². The standard InChI is InChI=1S/C14H15N5/c1-9(11-6-4-3-5-7-11)17-14-13-12(15-8-16-14)10(2)18-19-13/h3-9H,1-2H3,(H,18,19)(H,15,16,17)/t9-/m1/s1. The van der Waals surface area contributed by atoms with Gasteiger partial charge < -0.3 is 5.32 Å². The Hall–Kier alpha value is -2.43. The van der Waals surface area contributed by atoms with Crippen LogP contribution in [0.2, 0.25) is 0 Å². The fourth-order valence-electron chi connectivity index (χ4n) is 2.09. The molecule has 3 aromatic rings. The minimum Gasteiger partial charge on any atom is -0.362 e. The smallest absolute Gasteiger partial charge is 0.158 e. The number of aromatic amines is 1. The van der Waals surface area contributed by atoms with Crippen molar-refractivity contribution in [1.29, 1.82) is 0 Å². The van der Waals surface area contributed by atoms with Crippen LogP contribution in [0.4, 0.5) is 5.82 Å². The molecule has 2 heterocycles. The van der Waals surface area contributed by atoms with Gasteiger partial charge in [0.15, 0.2) is 11.3 Å². The van der Waals surface area contributed by atoms with Gasteiger partial charge in [-0.1, -0.05) is 30.3 Å². The molecule has 3 rings (SSSR count). The molecular formula is C14H15N5. The Kier molecular flexibility index (Phi) is 2.87. The van der Waals surface area contributed by atoms with Gasteiger partial charge in [-0.05, 0) is 19.4 Å². The summed E-state index contributed by atoms with van der Waals surface area (Å²) in [4.78, 5) is 8.52. The molecule has 0 fully saturated rings. The fourth-order valence-corrected chi connectivity index (χ4v) is 2.09. The molecule has 1 aromatic carbocycles. The van der Waals surface area contributed by atoms with E-state index in [1.54, 1.807) is 6.33 Å². The minimum absolute atomic E-state index is 0.163. The maximum Gasteiger partial charge on any atom is 0.158 e. The van der Waals surface area contributed by atoms with Gasteiger partial charge in [-0.2, -0.15) is 5.10 Å². The number of hydrogen-bond donors (Lipinski definition) is 2. The Bertz CT molecular complexity index is 689. The number of nitrogens with one attached hydrogen (secondary N) is 2. The number of H-pyrrole nitrogens is 1. The third kappa shape index (κ3) is 2.14. The van der Waals surface area contributed by atoms with E-state index in [9.17, 15) is 0 Å². The molecule has 0 aliphatic rings. The molecule has 0 radical (unpaired) electrons. The fraction of sp³-hybridized carbons (Fsp3) is 0.214. The summed E-state index contributed by atoms with van der Waals surface area (Å²) in [6.07, 6.45) is 1.56. The molecule has 0 aliphatic carbocycles. The van der Waals surface area contributed by atoms with Gasteiger partial charge in [-0.25, -0.2) is 9.97 Å². The second-order valence-corrected chi connectivity index (χ2v) is 4.54. The molecule has 2 aromatic heterocycles. The zero-order chi connectivity index (χ0) is 13.2. The predicted octanol–water partition coefficient (Wildman–Crippen LogP) is 2.83. The highest BCUT2D eigenvalue weighted by Gasteiger charge is 2.12. The van der Waals surface area contributed by atoms with Gasteiger partial charge in [0.05, 0.1) is 11.7 Å². The molecule has 5 nitrogen and oxygen atoms in total. The first kappa shape index (κ1) is 11.6. The Morgan fingerprint density at radius 1 is 1.11 bits per heavy atom. The van der Waals surface area contributed by atoms with Crippen LogP contribution < -0.4 is 5.32 Å². The summed E-state index contributed by atoms with van der Waals surface area (Å²) in [7, 11) is 0. The Balaban J connectivity index is 1.93. The maximum atomic E-state index is 4.28. The van der Waals surface area contributed by atoms with Crippen molar-refractivity contribution in [2.24, 2.45) is 0 Å². The zero-order valence-electron chi connectivity index (χ0n) is 10.9. The molecule has 0 saturated heterocycles. The molecule has 0 amide bonds. The van der Waals surface area contributed by atoms with Crippen molar-refractivity contribution in [2.45, 2.75) is 19.9 Å². The highest BCUT2D eigenvalue weighted by atomic mass is 15.2. The number of aromatic nitrogens is 4. The number of nitrogens with zero attached hydrogens (tertiary/aromatic N) is 3. The van der Waals surface area contributed by atoms with E-state index < -0.39 is 0 Å². The van der Waals surface area contributed by atoms with Gasteiger partial charge in [0.2, 0.25) is 0 Å². The Morgan fingerprint density at radius 3 is 2.68 bits per heavy atom.